The first-order chi connectivity index (χ1) is 5.69. The fourth-order valence-corrected chi connectivity index (χ4v) is 1.08. The van der Waals surface area contributed by atoms with Gasteiger partial charge in [0.2, 0.25) is 0 Å². The van der Waals surface area contributed by atoms with Gasteiger partial charge in [0.1, 0.15) is 0 Å². The molecule has 1 rings (SSSR count). The highest BCUT2D eigenvalue weighted by atomic mass is 14.7. The second kappa shape index (κ2) is 3.10. The van der Waals surface area contributed by atoms with Crippen molar-refractivity contribution in [2.45, 2.75) is 6.92 Å². The molecule has 0 bridgehead atoms. The summed E-state index contributed by atoms with van der Waals surface area (Å²) in [6.45, 7) is 9.21. The van der Waals surface area contributed by atoms with Gasteiger partial charge >= 0.3 is 0 Å². The zero-order valence-corrected chi connectivity index (χ0v) is 7.02. The molecule has 0 saturated heterocycles. The van der Waals surface area contributed by atoms with E-state index in [-0.39, 0.29) is 0 Å². The van der Waals surface area contributed by atoms with Crippen LogP contribution in [0, 0.1) is 18.3 Å². The molecule has 0 radical (unpaired) electrons. The van der Waals surface area contributed by atoms with Crippen molar-refractivity contribution in [1.82, 2.24) is 4.98 Å². The van der Waals surface area contributed by atoms with Crippen LogP contribution in [-0.4, -0.2) is 4.98 Å². The molecule has 0 aromatic carbocycles. The van der Waals surface area contributed by atoms with Crippen LogP contribution in [0.4, 0.5) is 0 Å². The molecule has 1 aromatic heterocycles. The quantitative estimate of drug-likeness (QED) is 0.660. The number of aryl methyl sites for hydroxylation is 1. The Balaban J connectivity index is 3.24. The average molecular weight is 158 g/mol. The normalized spacial score (nSPS) is 9.00. The summed E-state index contributed by atoms with van der Waals surface area (Å²) in [6, 6.07) is 3.90. The molecule has 0 saturated carbocycles. The van der Waals surface area contributed by atoms with Crippen molar-refractivity contribution in [3.05, 3.63) is 36.2 Å². The van der Waals surface area contributed by atoms with Crippen LogP contribution in [0.15, 0.2) is 19.2 Å². The summed E-state index contributed by atoms with van der Waals surface area (Å²) in [5.41, 5.74) is 3.18. The van der Waals surface area contributed by atoms with E-state index in [2.05, 4.69) is 18.1 Å². The predicted molar refractivity (Wildman–Crippen MR) is 50.3 cm³/mol. The third kappa shape index (κ3) is 1.30. The van der Waals surface area contributed by atoms with Gasteiger partial charge in [0.15, 0.2) is 0 Å². The van der Waals surface area contributed by atoms with Crippen molar-refractivity contribution < 1.29 is 0 Å². The fraction of sp³-hybridized carbons (Fsp3) is 0.100. The molecule has 0 fully saturated rings. The van der Waals surface area contributed by atoms with Crippen molar-refractivity contribution in [3.63, 3.8) is 0 Å². The first-order valence-corrected chi connectivity index (χ1v) is 3.60. The Morgan fingerprint density at radius 1 is 1.75 bits per heavy atom. The standard InChI is InChI=1S/C10H10N2/c1-4-10-9(7(2)6-11)5-8(3)12-10/h4-5,12H,1-2H2,3H3. The highest BCUT2D eigenvalue weighted by Crippen LogP contribution is 2.18. The summed E-state index contributed by atoms with van der Waals surface area (Å²) in [7, 11) is 0. The lowest BCUT2D eigenvalue weighted by Crippen LogP contribution is -1.79. The van der Waals surface area contributed by atoms with Crippen LogP contribution in [0.25, 0.3) is 11.6 Å². The third-order valence-corrected chi connectivity index (χ3v) is 1.65. The largest absolute Gasteiger partial charge is 0.359 e. The van der Waals surface area contributed by atoms with E-state index >= 15 is 0 Å². The Morgan fingerprint density at radius 3 is 2.92 bits per heavy atom. The van der Waals surface area contributed by atoms with Gasteiger partial charge in [-0.05, 0) is 19.1 Å². The highest BCUT2D eigenvalue weighted by molar-refractivity contribution is 5.79. The lowest BCUT2D eigenvalue weighted by atomic mass is 10.1. The summed E-state index contributed by atoms with van der Waals surface area (Å²) in [5, 5.41) is 8.62. The van der Waals surface area contributed by atoms with Gasteiger partial charge in [-0.2, -0.15) is 5.26 Å². The van der Waals surface area contributed by atoms with Crippen molar-refractivity contribution in [3.8, 4) is 6.07 Å². The third-order valence-electron chi connectivity index (χ3n) is 1.65. The average Bonchev–Trinajstić information content (AvgIpc) is 2.45. The fourth-order valence-electron chi connectivity index (χ4n) is 1.08. The summed E-state index contributed by atoms with van der Waals surface area (Å²) >= 11 is 0. The van der Waals surface area contributed by atoms with E-state index in [1.54, 1.807) is 6.08 Å². The van der Waals surface area contributed by atoms with Gasteiger partial charge < -0.3 is 4.98 Å². The predicted octanol–water partition coefficient (Wildman–Crippen LogP) is 2.50. The molecule has 1 N–H and O–H groups in total. The number of rotatable bonds is 2. The molecule has 0 unspecified atom stereocenters. The van der Waals surface area contributed by atoms with Gasteiger partial charge in [0.25, 0.3) is 0 Å². The first-order valence-electron chi connectivity index (χ1n) is 3.60. The van der Waals surface area contributed by atoms with E-state index in [4.69, 9.17) is 5.26 Å². The number of hydrogen-bond acceptors (Lipinski definition) is 1. The maximum Gasteiger partial charge on any atom is 0.0992 e. The number of aromatic nitrogens is 1. The Labute approximate surface area is 71.8 Å². The van der Waals surface area contributed by atoms with Crippen molar-refractivity contribution >= 4 is 11.6 Å². The number of nitrogens with zero attached hydrogens (tertiary/aromatic N) is 1. The summed E-state index contributed by atoms with van der Waals surface area (Å²) in [4.78, 5) is 3.08. The van der Waals surface area contributed by atoms with Crippen molar-refractivity contribution in [1.29, 1.82) is 5.26 Å². The van der Waals surface area contributed by atoms with E-state index in [9.17, 15) is 0 Å². The first kappa shape index (κ1) is 8.35. The Kier molecular flexibility index (Phi) is 2.16. The lowest BCUT2D eigenvalue weighted by Gasteiger charge is -1.92. The minimum Gasteiger partial charge on any atom is -0.359 e. The maximum absolute atomic E-state index is 8.62. The number of nitriles is 1. The minimum atomic E-state index is 0.467. The summed E-state index contributed by atoms with van der Waals surface area (Å²) in [5.74, 6) is 0. The molecule has 0 aliphatic carbocycles. The minimum absolute atomic E-state index is 0.467. The van der Waals surface area contributed by atoms with Crippen LogP contribution >= 0.6 is 0 Å². The van der Waals surface area contributed by atoms with E-state index in [1.807, 2.05) is 19.1 Å². The molecule has 2 nitrogen and oxygen atoms in total. The van der Waals surface area contributed by atoms with Crippen LogP contribution in [0.1, 0.15) is 17.0 Å². The zero-order chi connectivity index (χ0) is 9.14. The Morgan fingerprint density at radius 2 is 2.42 bits per heavy atom. The Bertz CT molecular complexity index is 364. The number of allylic oxidation sites excluding steroid dienone is 1. The van der Waals surface area contributed by atoms with Gasteiger partial charge in [-0.25, -0.2) is 0 Å². The highest BCUT2D eigenvalue weighted by Gasteiger charge is 2.05. The lowest BCUT2D eigenvalue weighted by molar-refractivity contribution is 1.25. The van der Waals surface area contributed by atoms with E-state index in [0.717, 1.165) is 17.0 Å². The molecule has 2 heteroatoms. The number of aromatic amines is 1. The molecule has 0 spiro atoms. The van der Waals surface area contributed by atoms with Gasteiger partial charge in [-0.15, -0.1) is 0 Å². The van der Waals surface area contributed by atoms with Crippen molar-refractivity contribution in [2.24, 2.45) is 0 Å². The molecule has 1 heterocycles. The molecular formula is C10H10N2. The number of nitrogens with one attached hydrogen (secondary N) is 1. The van der Waals surface area contributed by atoms with Gasteiger partial charge in [-0.3, -0.25) is 0 Å². The molecule has 1 aromatic rings. The van der Waals surface area contributed by atoms with Gasteiger partial charge in [0.05, 0.1) is 11.6 Å². The van der Waals surface area contributed by atoms with E-state index < -0.39 is 0 Å². The Hall–Kier alpha value is -1.75. The van der Waals surface area contributed by atoms with Crippen LogP contribution in [-0.2, 0) is 0 Å². The van der Waals surface area contributed by atoms with Crippen molar-refractivity contribution in [2.75, 3.05) is 0 Å². The number of hydrogen-bond donors (Lipinski definition) is 1. The maximum atomic E-state index is 8.62. The second-order valence-corrected chi connectivity index (χ2v) is 2.57. The topological polar surface area (TPSA) is 39.6 Å². The van der Waals surface area contributed by atoms with Crippen LogP contribution in [0.3, 0.4) is 0 Å². The van der Waals surface area contributed by atoms with Crippen LogP contribution in [0.5, 0.6) is 0 Å². The molecule has 60 valence electrons. The monoisotopic (exact) mass is 158 g/mol. The molecule has 0 amide bonds. The van der Waals surface area contributed by atoms with Gasteiger partial charge in [-0.1, -0.05) is 13.2 Å². The molecule has 0 aliphatic heterocycles. The van der Waals surface area contributed by atoms with Crippen LogP contribution < -0.4 is 0 Å². The molecule has 12 heavy (non-hydrogen) atoms. The van der Waals surface area contributed by atoms with Gasteiger partial charge in [0, 0.05) is 17.0 Å². The second-order valence-electron chi connectivity index (χ2n) is 2.57. The zero-order valence-electron chi connectivity index (χ0n) is 7.02. The van der Waals surface area contributed by atoms with E-state index in [0.29, 0.717) is 5.57 Å². The smallest absolute Gasteiger partial charge is 0.0992 e. The SMILES string of the molecule is C=Cc1[nH]c(C)cc1C(=C)C#N. The molecule has 0 aliphatic rings. The molecular weight excluding hydrogens is 148 g/mol. The number of H-pyrrole nitrogens is 1. The molecule has 0 atom stereocenters. The summed E-state index contributed by atoms with van der Waals surface area (Å²) < 4.78 is 0. The summed E-state index contributed by atoms with van der Waals surface area (Å²) in [6.07, 6.45) is 1.69. The van der Waals surface area contributed by atoms with Crippen LogP contribution in [0.2, 0.25) is 0 Å². The van der Waals surface area contributed by atoms with E-state index in [1.165, 1.54) is 0 Å².